The molecule has 0 unspecified atom stereocenters. The molecule has 0 atom stereocenters. The van der Waals surface area contributed by atoms with E-state index >= 15 is 0 Å². The van der Waals surface area contributed by atoms with Gasteiger partial charge in [0, 0.05) is 18.0 Å². The van der Waals surface area contributed by atoms with Crippen LogP contribution in [0.25, 0.3) is 0 Å². The Morgan fingerprint density at radius 3 is 2.53 bits per heavy atom. The summed E-state index contributed by atoms with van der Waals surface area (Å²) in [5.41, 5.74) is 4.69. The summed E-state index contributed by atoms with van der Waals surface area (Å²) in [5.74, 6) is 0.942. The monoisotopic (exact) mass is 227 g/mol. The molecule has 0 fully saturated rings. The predicted molar refractivity (Wildman–Crippen MR) is 69.2 cm³/mol. The maximum absolute atomic E-state index is 5.79. The van der Waals surface area contributed by atoms with Crippen molar-refractivity contribution in [3.05, 3.63) is 58.9 Å². The summed E-state index contributed by atoms with van der Waals surface area (Å²) in [7, 11) is 0. The third kappa shape index (κ3) is 3.06. The van der Waals surface area contributed by atoms with E-state index in [0.717, 1.165) is 16.9 Å². The summed E-state index contributed by atoms with van der Waals surface area (Å²) in [6, 6.07) is 8.31. The van der Waals surface area contributed by atoms with Crippen molar-refractivity contribution in [2.45, 2.75) is 27.4 Å². The van der Waals surface area contributed by atoms with Crippen LogP contribution >= 0.6 is 0 Å². The highest BCUT2D eigenvalue weighted by atomic mass is 16.5. The summed E-state index contributed by atoms with van der Waals surface area (Å²) in [5, 5.41) is 0. The van der Waals surface area contributed by atoms with Crippen LogP contribution in [-0.4, -0.2) is 4.98 Å². The Labute approximate surface area is 102 Å². The summed E-state index contributed by atoms with van der Waals surface area (Å²) >= 11 is 0. The lowest BCUT2D eigenvalue weighted by molar-refractivity contribution is 0.303. The molecule has 2 rings (SSSR count). The van der Waals surface area contributed by atoms with E-state index in [1.807, 2.05) is 25.4 Å². The molecule has 0 aliphatic carbocycles. The van der Waals surface area contributed by atoms with E-state index in [9.17, 15) is 0 Å². The first-order chi connectivity index (χ1) is 8.15. The molecule has 0 saturated heterocycles. The average molecular weight is 227 g/mol. The number of pyridine rings is 1. The Balaban J connectivity index is 2.07. The number of hydrogen-bond acceptors (Lipinski definition) is 2. The van der Waals surface area contributed by atoms with Gasteiger partial charge in [-0.15, -0.1) is 0 Å². The number of benzene rings is 1. The Morgan fingerprint density at radius 2 is 1.82 bits per heavy atom. The van der Waals surface area contributed by atoms with Gasteiger partial charge in [-0.3, -0.25) is 4.98 Å². The maximum atomic E-state index is 5.79. The lowest BCUT2D eigenvalue weighted by atomic mass is 10.1. The van der Waals surface area contributed by atoms with E-state index in [1.165, 1.54) is 11.1 Å². The molecule has 1 aromatic carbocycles. The van der Waals surface area contributed by atoms with Crippen molar-refractivity contribution >= 4 is 0 Å². The molecule has 0 bridgehead atoms. The van der Waals surface area contributed by atoms with Gasteiger partial charge in [0.2, 0.25) is 0 Å². The van der Waals surface area contributed by atoms with Crippen LogP contribution in [0.3, 0.4) is 0 Å². The lowest BCUT2D eigenvalue weighted by Gasteiger charge is -2.09. The van der Waals surface area contributed by atoms with Crippen LogP contribution in [0.15, 0.2) is 36.7 Å². The zero-order valence-corrected chi connectivity index (χ0v) is 10.5. The number of hydrogen-bond donors (Lipinski definition) is 0. The van der Waals surface area contributed by atoms with Crippen molar-refractivity contribution in [2.75, 3.05) is 0 Å². The van der Waals surface area contributed by atoms with E-state index in [4.69, 9.17) is 4.74 Å². The van der Waals surface area contributed by atoms with E-state index in [-0.39, 0.29) is 0 Å². The van der Waals surface area contributed by atoms with Gasteiger partial charge < -0.3 is 4.74 Å². The minimum absolute atomic E-state index is 0.568. The molecule has 0 aliphatic rings. The molecule has 1 aromatic heterocycles. The Morgan fingerprint density at radius 1 is 1.00 bits per heavy atom. The molecule has 0 spiro atoms. The number of rotatable bonds is 3. The average Bonchev–Trinajstić information content (AvgIpc) is 2.28. The number of ether oxygens (including phenoxy) is 1. The van der Waals surface area contributed by atoms with E-state index < -0.39 is 0 Å². The van der Waals surface area contributed by atoms with E-state index in [2.05, 4.69) is 37.0 Å². The van der Waals surface area contributed by atoms with Crippen LogP contribution in [0, 0.1) is 20.8 Å². The standard InChI is InChI=1S/C15H17NO/c1-11-4-5-15(13(3)6-11)17-10-14-7-12(2)8-16-9-14/h4-9H,10H2,1-3H3. The van der Waals surface area contributed by atoms with Crippen molar-refractivity contribution in [1.29, 1.82) is 0 Å². The zero-order valence-electron chi connectivity index (χ0n) is 10.5. The molecule has 0 saturated carbocycles. The number of aryl methyl sites for hydroxylation is 3. The van der Waals surface area contributed by atoms with Gasteiger partial charge in [-0.05, 0) is 44.0 Å². The third-order valence-electron chi connectivity index (χ3n) is 2.66. The van der Waals surface area contributed by atoms with Crippen LogP contribution in [0.1, 0.15) is 22.3 Å². The summed E-state index contributed by atoms with van der Waals surface area (Å²) < 4.78 is 5.79. The fraction of sp³-hybridized carbons (Fsp3) is 0.267. The van der Waals surface area contributed by atoms with Gasteiger partial charge in [0.15, 0.2) is 0 Å². The van der Waals surface area contributed by atoms with Crippen molar-refractivity contribution in [2.24, 2.45) is 0 Å². The van der Waals surface area contributed by atoms with Gasteiger partial charge in [0.1, 0.15) is 12.4 Å². The Hall–Kier alpha value is -1.83. The first kappa shape index (κ1) is 11.6. The molecule has 17 heavy (non-hydrogen) atoms. The topological polar surface area (TPSA) is 22.1 Å². The van der Waals surface area contributed by atoms with E-state index in [0.29, 0.717) is 6.61 Å². The lowest BCUT2D eigenvalue weighted by Crippen LogP contribution is -1.98. The number of nitrogens with zero attached hydrogens (tertiary/aromatic N) is 1. The van der Waals surface area contributed by atoms with Gasteiger partial charge >= 0.3 is 0 Å². The summed E-state index contributed by atoms with van der Waals surface area (Å²) in [6.45, 7) is 6.75. The second-order valence-electron chi connectivity index (χ2n) is 4.43. The van der Waals surface area contributed by atoms with Crippen molar-refractivity contribution < 1.29 is 4.74 Å². The largest absolute Gasteiger partial charge is 0.489 e. The second kappa shape index (κ2) is 5.00. The molecule has 0 aliphatic heterocycles. The SMILES string of the molecule is Cc1cncc(COc2ccc(C)cc2C)c1. The molecule has 2 heteroatoms. The third-order valence-corrected chi connectivity index (χ3v) is 2.66. The highest BCUT2D eigenvalue weighted by Crippen LogP contribution is 2.19. The molecular weight excluding hydrogens is 210 g/mol. The van der Waals surface area contributed by atoms with Crippen molar-refractivity contribution in [3.8, 4) is 5.75 Å². The van der Waals surface area contributed by atoms with Crippen LogP contribution in [0.5, 0.6) is 5.75 Å². The molecular formula is C15H17NO. The fourth-order valence-electron chi connectivity index (χ4n) is 1.82. The van der Waals surface area contributed by atoms with Crippen LogP contribution in [0.4, 0.5) is 0 Å². The van der Waals surface area contributed by atoms with Gasteiger partial charge in [-0.2, -0.15) is 0 Å². The van der Waals surface area contributed by atoms with Gasteiger partial charge in [-0.1, -0.05) is 17.7 Å². The Kier molecular flexibility index (Phi) is 3.43. The van der Waals surface area contributed by atoms with Crippen LogP contribution in [0.2, 0.25) is 0 Å². The van der Waals surface area contributed by atoms with Crippen LogP contribution < -0.4 is 4.74 Å². The van der Waals surface area contributed by atoms with Crippen molar-refractivity contribution in [1.82, 2.24) is 4.98 Å². The first-order valence-corrected chi connectivity index (χ1v) is 5.76. The highest BCUT2D eigenvalue weighted by Gasteiger charge is 2.00. The summed E-state index contributed by atoms with van der Waals surface area (Å²) in [6.07, 6.45) is 3.69. The smallest absolute Gasteiger partial charge is 0.122 e. The summed E-state index contributed by atoms with van der Waals surface area (Å²) in [4.78, 5) is 4.15. The van der Waals surface area contributed by atoms with Gasteiger partial charge in [0.05, 0.1) is 0 Å². The van der Waals surface area contributed by atoms with E-state index in [1.54, 1.807) is 0 Å². The molecule has 1 heterocycles. The second-order valence-corrected chi connectivity index (χ2v) is 4.43. The zero-order chi connectivity index (χ0) is 12.3. The number of aromatic nitrogens is 1. The van der Waals surface area contributed by atoms with Gasteiger partial charge in [0.25, 0.3) is 0 Å². The Bertz CT molecular complexity index is 520. The molecule has 0 amide bonds. The maximum Gasteiger partial charge on any atom is 0.122 e. The predicted octanol–water partition coefficient (Wildman–Crippen LogP) is 3.59. The van der Waals surface area contributed by atoms with Crippen molar-refractivity contribution in [3.63, 3.8) is 0 Å². The molecule has 88 valence electrons. The van der Waals surface area contributed by atoms with Gasteiger partial charge in [-0.25, -0.2) is 0 Å². The van der Waals surface area contributed by atoms with Crippen LogP contribution in [-0.2, 0) is 6.61 Å². The normalized spacial score (nSPS) is 10.3. The first-order valence-electron chi connectivity index (χ1n) is 5.76. The molecule has 2 nitrogen and oxygen atoms in total. The minimum atomic E-state index is 0.568. The quantitative estimate of drug-likeness (QED) is 0.799. The molecule has 2 aromatic rings. The highest BCUT2D eigenvalue weighted by molar-refractivity contribution is 5.35. The minimum Gasteiger partial charge on any atom is -0.489 e. The fourth-order valence-corrected chi connectivity index (χ4v) is 1.82. The molecule has 0 radical (unpaired) electrons. The molecule has 0 N–H and O–H groups in total.